The fourth-order valence-electron chi connectivity index (χ4n) is 5.51. The van der Waals surface area contributed by atoms with Crippen LogP contribution in [0, 0.1) is 18.3 Å². The Kier molecular flexibility index (Phi) is 5.74. The Balaban J connectivity index is 1.55. The number of nitriles is 1. The van der Waals surface area contributed by atoms with Gasteiger partial charge in [0.05, 0.1) is 17.2 Å². The molecule has 0 N–H and O–H groups in total. The Hall–Kier alpha value is -4.46. The molecule has 6 aromatic rings. The molecule has 0 aliphatic heterocycles. The van der Waals surface area contributed by atoms with E-state index in [1.54, 1.807) is 0 Å². The second kappa shape index (κ2) is 9.13. The Labute approximate surface area is 224 Å². The third kappa shape index (κ3) is 3.84. The van der Waals surface area contributed by atoms with Gasteiger partial charge in [-0.1, -0.05) is 90.2 Å². The first-order valence-corrected chi connectivity index (χ1v) is 15.9. The van der Waals surface area contributed by atoms with Crippen molar-refractivity contribution in [2.24, 2.45) is 7.05 Å². The Morgan fingerprint density at radius 2 is 1.47 bits per heavy atom. The molecular weight excluding hydrogens is 480 g/mol. The first kappa shape index (κ1) is 23.9. The van der Waals surface area contributed by atoms with E-state index in [1.807, 2.05) is 18.2 Å². The molecule has 38 heavy (non-hydrogen) atoms. The van der Waals surface area contributed by atoms with Gasteiger partial charge in [0.15, 0.2) is 6.20 Å². The van der Waals surface area contributed by atoms with Crippen molar-refractivity contribution in [2.45, 2.75) is 20.0 Å². The third-order valence-electron chi connectivity index (χ3n) is 7.80. The zero-order valence-electron chi connectivity index (χ0n) is 22.1. The monoisotopic (exact) mass is 509 g/mol. The van der Waals surface area contributed by atoms with Crippen molar-refractivity contribution >= 4 is 40.4 Å². The van der Waals surface area contributed by atoms with Crippen LogP contribution >= 0.6 is 0 Å². The van der Waals surface area contributed by atoms with Crippen molar-refractivity contribution < 1.29 is 8.98 Å². The number of hydrogen-bond acceptors (Lipinski definition) is 2. The van der Waals surface area contributed by atoms with Gasteiger partial charge in [-0.05, 0) is 36.2 Å². The van der Waals surface area contributed by atoms with Crippen molar-refractivity contribution in [1.82, 2.24) is 0 Å². The number of fused-ring (bicyclic) bond motifs is 3. The molecular formula is C34H29N2OSi+. The summed E-state index contributed by atoms with van der Waals surface area (Å²) in [5.74, 6) is 0. The van der Waals surface area contributed by atoms with Gasteiger partial charge in [0.25, 0.3) is 0 Å². The van der Waals surface area contributed by atoms with E-state index >= 15 is 0 Å². The van der Waals surface area contributed by atoms with Crippen LogP contribution in [-0.2, 0) is 7.05 Å². The normalized spacial score (nSPS) is 11.7. The highest BCUT2D eigenvalue weighted by Crippen LogP contribution is 2.41. The van der Waals surface area contributed by atoms with Crippen LogP contribution in [0.4, 0.5) is 0 Å². The Morgan fingerprint density at radius 3 is 2.18 bits per heavy atom. The summed E-state index contributed by atoms with van der Waals surface area (Å²) in [7, 11) is 0.241. The minimum absolute atomic E-state index is 0.630. The second-order valence-electron chi connectivity index (χ2n) is 10.5. The second-order valence-corrected chi connectivity index (χ2v) is 14.9. The van der Waals surface area contributed by atoms with Crippen molar-refractivity contribution in [3.05, 3.63) is 114 Å². The zero-order valence-corrected chi connectivity index (χ0v) is 23.1. The van der Waals surface area contributed by atoms with Crippen molar-refractivity contribution in [1.29, 1.82) is 5.26 Å². The number of nitrogens with zero attached hydrogens (tertiary/aromatic N) is 2. The summed E-state index contributed by atoms with van der Waals surface area (Å²) in [6, 6.07) is 36.4. The minimum atomic E-state index is -1.81. The lowest BCUT2D eigenvalue weighted by Crippen LogP contribution is -2.52. The molecule has 0 amide bonds. The lowest BCUT2D eigenvalue weighted by Gasteiger charge is -2.24. The van der Waals surface area contributed by atoms with Crippen molar-refractivity contribution in [3.8, 4) is 28.5 Å². The van der Waals surface area contributed by atoms with E-state index in [9.17, 15) is 5.26 Å². The number of pyridine rings is 1. The summed E-state index contributed by atoms with van der Waals surface area (Å²) in [4.78, 5) is 0. The number of benzene rings is 4. The highest BCUT2D eigenvalue weighted by atomic mass is 28.3. The summed E-state index contributed by atoms with van der Waals surface area (Å²) >= 11 is 0. The van der Waals surface area contributed by atoms with E-state index in [4.69, 9.17) is 4.42 Å². The number of furan rings is 1. The molecule has 0 aliphatic rings. The van der Waals surface area contributed by atoms with Gasteiger partial charge in [0.2, 0.25) is 5.69 Å². The highest BCUT2D eigenvalue weighted by molar-refractivity contribution is 7.00. The van der Waals surface area contributed by atoms with E-state index in [2.05, 4.69) is 123 Å². The average Bonchev–Trinajstić information content (AvgIpc) is 3.32. The largest absolute Gasteiger partial charge is 0.454 e. The predicted octanol–water partition coefficient (Wildman–Crippen LogP) is 6.75. The molecule has 4 heteroatoms. The fourth-order valence-corrected chi connectivity index (χ4v) is 7.87. The van der Waals surface area contributed by atoms with Gasteiger partial charge in [-0.25, -0.2) is 4.57 Å². The minimum Gasteiger partial charge on any atom is -0.454 e. The lowest BCUT2D eigenvalue weighted by molar-refractivity contribution is -0.660. The topological polar surface area (TPSA) is 40.8 Å². The first-order chi connectivity index (χ1) is 18.4. The summed E-state index contributed by atoms with van der Waals surface area (Å²) in [5.41, 5.74) is 7.62. The maximum Gasteiger partial charge on any atom is 0.216 e. The Morgan fingerprint density at radius 1 is 0.763 bits per heavy atom. The van der Waals surface area contributed by atoms with E-state index < -0.39 is 8.07 Å². The molecule has 0 radical (unpaired) electrons. The van der Waals surface area contributed by atoms with Crippen LogP contribution in [-0.4, -0.2) is 8.07 Å². The van der Waals surface area contributed by atoms with Gasteiger partial charge in [-0.2, -0.15) is 5.26 Å². The first-order valence-electron chi connectivity index (χ1n) is 12.9. The molecule has 3 nitrogen and oxygen atoms in total. The molecule has 0 saturated carbocycles. The molecule has 0 fully saturated rings. The Bertz CT molecular complexity index is 1860. The standard InChI is InChI=1S/C34H29N2OSi/c1-23-13-18-28-30-21-24(22-35)20-29(33(30)37-34(28)32(23)31-12-8-9-19-36(31)2)25-14-16-27(17-15-25)38(3,4)26-10-6-5-7-11-26/h5-21H,1-4H3/q+1. The molecule has 0 atom stereocenters. The van der Waals surface area contributed by atoms with E-state index in [-0.39, 0.29) is 0 Å². The number of aromatic nitrogens is 1. The van der Waals surface area contributed by atoms with Crippen molar-refractivity contribution in [3.63, 3.8) is 0 Å². The molecule has 0 aliphatic carbocycles. The van der Waals surface area contributed by atoms with Gasteiger partial charge >= 0.3 is 0 Å². The smallest absolute Gasteiger partial charge is 0.216 e. The quantitative estimate of drug-likeness (QED) is 0.195. The van der Waals surface area contributed by atoms with Crippen molar-refractivity contribution in [2.75, 3.05) is 0 Å². The molecule has 2 aromatic heterocycles. The summed E-state index contributed by atoms with van der Waals surface area (Å²) in [6.07, 6.45) is 2.05. The SMILES string of the molecule is Cc1ccc2c(oc3c(-c4ccc([Si](C)(C)c5ccccc5)cc4)cc(C#N)cc32)c1-c1cccc[n+]1C. The van der Waals surface area contributed by atoms with Crippen LogP contribution in [0.25, 0.3) is 44.3 Å². The summed E-state index contributed by atoms with van der Waals surface area (Å²) < 4.78 is 8.83. The van der Waals surface area contributed by atoms with Crippen LogP contribution in [0.3, 0.4) is 0 Å². The van der Waals surface area contributed by atoms with Gasteiger partial charge in [0, 0.05) is 28.5 Å². The lowest BCUT2D eigenvalue weighted by atomic mass is 9.97. The predicted molar refractivity (Wildman–Crippen MR) is 158 cm³/mol. The van der Waals surface area contributed by atoms with E-state index in [0.717, 1.165) is 49.9 Å². The molecule has 6 rings (SSSR count). The van der Waals surface area contributed by atoms with Gasteiger partial charge in [-0.3, -0.25) is 0 Å². The highest BCUT2D eigenvalue weighted by Gasteiger charge is 2.26. The van der Waals surface area contributed by atoms with Crippen LogP contribution in [0.1, 0.15) is 11.1 Å². The van der Waals surface area contributed by atoms with E-state index in [0.29, 0.717) is 5.56 Å². The van der Waals surface area contributed by atoms with Crippen LogP contribution in [0.5, 0.6) is 0 Å². The number of hydrogen-bond donors (Lipinski definition) is 0. The summed E-state index contributed by atoms with van der Waals surface area (Å²) in [6.45, 7) is 6.89. The molecule has 0 spiro atoms. The zero-order chi connectivity index (χ0) is 26.4. The molecule has 0 bridgehead atoms. The molecule has 0 unspecified atom stereocenters. The van der Waals surface area contributed by atoms with Gasteiger partial charge < -0.3 is 4.42 Å². The average molecular weight is 510 g/mol. The number of rotatable bonds is 4. The third-order valence-corrected chi connectivity index (χ3v) is 11.4. The molecule has 0 saturated heterocycles. The van der Waals surface area contributed by atoms with Gasteiger partial charge in [-0.15, -0.1) is 0 Å². The maximum absolute atomic E-state index is 9.89. The van der Waals surface area contributed by atoms with Crippen LogP contribution in [0.15, 0.2) is 108 Å². The maximum atomic E-state index is 9.89. The number of aryl methyl sites for hydroxylation is 2. The molecule has 4 aromatic carbocycles. The molecule has 2 heterocycles. The fraction of sp³-hybridized carbons (Fsp3) is 0.118. The summed E-state index contributed by atoms with van der Waals surface area (Å²) in [5, 5.41) is 14.7. The van der Waals surface area contributed by atoms with Crippen LogP contribution in [0.2, 0.25) is 13.1 Å². The van der Waals surface area contributed by atoms with E-state index in [1.165, 1.54) is 10.4 Å². The van der Waals surface area contributed by atoms with Crippen LogP contribution < -0.4 is 14.9 Å². The van der Waals surface area contributed by atoms with Gasteiger partial charge in [0.1, 0.15) is 26.3 Å². The molecule has 184 valence electrons.